The zero-order chi connectivity index (χ0) is 9.84. The van der Waals surface area contributed by atoms with Gasteiger partial charge in [0.15, 0.2) is 11.5 Å². The zero-order valence-electron chi connectivity index (χ0n) is 8.38. The summed E-state index contributed by atoms with van der Waals surface area (Å²) in [6, 6.07) is 3.68. The molecule has 0 radical (unpaired) electrons. The maximum atomic E-state index is 5.20. The molecule has 1 aromatic rings. The molecule has 0 unspecified atom stereocenters. The summed E-state index contributed by atoms with van der Waals surface area (Å²) in [4.78, 5) is 0. The molecule has 1 aromatic carbocycles. The minimum atomic E-state index is 0.723. The first-order chi connectivity index (χ1) is 6.24. The number of rotatable bonds is 3. The first kappa shape index (κ1) is 9.71. The molecular formula is C10H14O3. The molecule has 0 N–H and O–H groups in total. The van der Waals surface area contributed by atoms with Gasteiger partial charge in [0, 0.05) is 5.56 Å². The second kappa shape index (κ2) is 4.03. The van der Waals surface area contributed by atoms with E-state index < -0.39 is 0 Å². The topological polar surface area (TPSA) is 27.7 Å². The Morgan fingerprint density at radius 1 is 0.846 bits per heavy atom. The van der Waals surface area contributed by atoms with E-state index in [4.69, 9.17) is 14.2 Å². The van der Waals surface area contributed by atoms with Gasteiger partial charge in [0.25, 0.3) is 0 Å². The van der Waals surface area contributed by atoms with Crippen LogP contribution in [0.25, 0.3) is 0 Å². The van der Waals surface area contributed by atoms with Crippen molar-refractivity contribution >= 4 is 0 Å². The third-order valence-corrected chi connectivity index (χ3v) is 1.96. The number of benzene rings is 1. The van der Waals surface area contributed by atoms with E-state index in [2.05, 4.69) is 0 Å². The Kier molecular flexibility index (Phi) is 3.01. The molecule has 0 saturated heterocycles. The summed E-state index contributed by atoms with van der Waals surface area (Å²) in [5.41, 5.74) is 0.948. The fourth-order valence-electron chi connectivity index (χ4n) is 1.28. The van der Waals surface area contributed by atoms with Gasteiger partial charge >= 0.3 is 0 Å². The smallest absolute Gasteiger partial charge is 0.167 e. The Bertz CT molecular complexity index is 294. The number of ether oxygens (including phenoxy) is 3. The summed E-state index contributed by atoms with van der Waals surface area (Å²) < 4.78 is 15.5. The first-order valence-electron chi connectivity index (χ1n) is 4.00. The van der Waals surface area contributed by atoms with Crippen LogP contribution in [0.5, 0.6) is 17.2 Å². The van der Waals surface area contributed by atoms with E-state index in [1.807, 2.05) is 19.1 Å². The third-order valence-electron chi connectivity index (χ3n) is 1.96. The predicted octanol–water partition coefficient (Wildman–Crippen LogP) is 2.02. The van der Waals surface area contributed by atoms with E-state index >= 15 is 0 Å². The minimum Gasteiger partial charge on any atom is -0.496 e. The molecule has 0 aliphatic rings. The highest BCUT2D eigenvalue weighted by molar-refractivity contribution is 5.52. The van der Waals surface area contributed by atoms with E-state index in [9.17, 15) is 0 Å². The van der Waals surface area contributed by atoms with E-state index in [1.54, 1.807) is 21.3 Å². The maximum Gasteiger partial charge on any atom is 0.167 e. The molecule has 0 atom stereocenters. The van der Waals surface area contributed by atoms with Crippen LogP contribution in [-0.4, -0.2) is 21.3 Å². The molecule has 0 aliphatic heterocycles. The molecule has 1 rings (SSSR count). The minimum absolute atomic E-state index is 0.723. The van der Waals surface area contributed by atoms with Crippen molar-refractivity contribution in [1.29, 1.82) is 0 Å². The Hall–Kier alpha value is -1.38. The van der Waals surface area contributed by atoms with E-state index in [-0.39, 0.29) is 0 Å². The van der Waals surface area contributed by atoms with Gasteiger partial charge < -0.3 is 14.2 Å². The van der Waals surface area contributed by atoms with Crippen molar-refractivity contribution in [3.63, 3.8) is 0 Å². The van der Waals surface area contributed by atoms with E-state index in [0.717, 1.165) is 22.8 Å². The van der Waals surface area contributed by atoms with E-state index in [1.165, 1.54) is 0 Å². The molecule has 0 saturated carbocycles. The number of hydrogen-bond acceptors (Lipinski definition) is 3. The van der Waals surface area contributed by atoms with Crippen LogP contribution in [0.4, 0.5) is 0 Å². The van der Waals surface area contributed by atoms with Crippen LogP contribution in [0.2, 0.25) is 0 Å². The molecule has 0 amide bonds. The normalized spacial score (nSPS) is 9.54. The third kappa shape index (κ3) is 1.69. The lowest BCUT2D eigenvalue weighted by atomic mass is 10.2. The van der Waals surface area contributed by atoms with Gasteiger partial charge in [-0.3, -0.25) is 0 Å². The summed E-state index contributed by atoms with van der Waals surface area (Å²) in [7, 11) is 4.86. The molecule has 13 heavy (non-hydrogen) atoms. The maximum absolute atomic E-state index is 5.20. The quantitative estimate of drug-likeness (QED) is 0.715. The van der Waals surface area contributed by atoms with Crippen LogP contribution in [0.3, 0.4) is 0 Å². The van der Waals surface area contributed by atoms with Gasteiger partial charge in [-0.2, -0.15) is 0 Å². The summed E-state index contributed by atoms with van der Waals surface area (Å²) in [6.45, 7) is 1.93. The van der Waals surface area contributed by atoms with Gasteiger partial charge in [-0.1, -0.05) is 0 Å². The zero-order valence-corrected chi connectivity index (χ0v) is 8.38. The van der Waals surface area contributed by atoms with Crippen LogP contribution in [0.1, 0.15) is 5.56 Å². The first-order valence-corrected chi connectivity index (χ1v) is 4.00. The summed E-state index contributed by atoms with van der Waals surface area (Å²) in [5.74, 6) is 2.25. The molecule has 72 valence electrons. The summed E-state index contributed by atoms with van der Waals surface area (Å²) in [5, 5.41) is 0. The highest BCUT2D eigenvalue weighted by Gasteiger charge is 2.10. The lowest BCUT2D eigenvalue weighted by Gasteiger charge is -2.12. The Labute approximate surface area is 78.2 Å². The monoisotopic (exact) mass is 182 g/mol. The lowest BCUT2D eigenvalue weighted by Crippen LogP contribution is -1.95. The molecule has 0 heterocycles. The van der Waals surface area contributed by atoms with Crippen LogP contribution in [-0.2, 0) is 0 Å². The Morgan fingerprint density at radius 3 is 1.85 bits per heavy atom. The molecular weight excluding hydrogens is 168 g/mol. The summed E-state index contributed by atoms with van der Waals surface area (Å²) in [6.07, 6.45) is 0. The molecule has 0 bridgehead atoms. The standard InChI is InChI=1S/C10H14O3/c1-7-8(11-2)5-6-9(12-3)10(7)13-4/h5-6H,1-4H3. The largest absolute Gasteiger partial charge is 0.496 e. The Balaban J connectivity index is 3.23. The lowest BCUT2D eigenvalue weighted by molar-refractivity contribution is 0.345. The van der Waals surface area contributed by atoms with Crippen molar-refractivity contribution in [2.45, 2.75) is 6.92 Å². The fraction of sp³-hybridized carbons (Fsp3) is 0.400. The van der Waals surface area contributed by atoms with Gasteiger partial charge in [0.1, 0.15) is 5.75 Å². The number of hydrogen-bond donors (Lipinski definition) is 0. The van der Waals surface area contributed by atoms with Crippen molar-refractivity contribution in [3.8, 4) is 17.2 Å². The van der Waals surface area contributed by atoms with Crippen molar-refractivity contribution in [2.75, 3.05) is 21.3 Å². The fourth-order valence-corrected chi connectivity index (χ4v) is 1.28. The van der Waals surface area contributed by atoms with Gasteiger partial charge in [-0.05, 0) is 19.1 Å². The highest BCUT2D eigenvalue weighted by atomic mass is 16.5. The van der Waals surface area contributed by atoms with Gasteiger partial charge in [0.2, 0.25) is 0 Å². The average molecular weight is 182 g/mol. The Morgan fingerprint density at radius 2 is 1.38 bits per heavy atom. The van der Waals surface area contributed by atoms with Crippen LogP contribution in [0.15, 0.2) is 12.1 Å². The predicted molar refractivity (Wildman–Crippen MR) is 50.8 cm³/mol. The van der Waals surface area contributed by atoms with E-state index in [0.29, 0.717) is 0 Å². The summed E-state index contributed by atoms with van der Waals surface area (Å²) >= 11 is 0. The second-order valence-electron chi connectivity index (χ2n) is 2.63. The molecule has 3 nitrogen and oxygen atoms in total. The molecule has 0 spiro atoms. The van der Waals surface area contributed by atoms with Gasteiger partial charge in [0.05, 0.1) is 21.3 Å². The van der Waals surface area contributed by atoms with Crippen LogP contribution < -0.4 is 14.2 Å². The molecule has 0 fully saturated rings. The van der Waals surface area contributed by atoms with Gasteiger partial charge in [-0.25, -0.2) is 0 Å². The average Bonchev–Trinajstić information content (AvgIpc) is 2.17. The molecule has 3 heteroatoms. The highest BCUT2D eigenvalue weighted by Crippen LogP contribution is 2.36. The van der Waals surface area contributed by atoms with Crippen molar-refractivity contribution < 1.29 is 14.2 Å². The van der Waals surface area contributed by atoms with Crippen molar-refractivity contribution in [2.24, 2.45) is 0 Å². The SMILES string of the molecule is COc1ccc(OC)c(OC)c1C. The van der Waals surface area contributed by atoms with Crippen LogP contribution >= 0.6 is 0 Å². The second-order valence-corrected chi connectivity index (χ2v) is 2.63. The van der Waals surface area contributed by atoms with Crippen molar-refractivity contribution in [3.05, 3.63) is 17.7 Å². The van der Waals surface area contributed by atoms with Crippen LogP contribution in [0, 0.1) is 6.92 Å². The van der Waals surface area contributed by atoms with Gasteiger partial charge in [-0.15, -0.1) is 0 Å². The van der Waals surface area contributed by atoms with Crippen molar-refractivity contribution in [1.82, 2.24) is 0 Å². The molecule has 0 aromatic heterocycles. The number of methoxy groups -OCH3 is 3. The molecule has 0 aliphatic carbocycles.